The Labute approximate surface area is 190 Å². The molecule has 4 rings (SSSR count). The van der Waals surface area contributed by atoms with E-state index in [2.05, 4.69) is 15.3 Å². The van der Waals surface area contributed by atoms with Crippen LogP contribution in [-0.2, 0) is 4.74 Å². The molecule has 168 valence electrons. The van der Waals surface area contributed by atoms with Crippen LogP contribution in [0.2, 0.25) is 0 Å². The number of fused-ring (bicyclic) bond motifs is 1. The number of piperazine rings is 1. The number of nitrogens with one attached hydrogen (secondary N) is 1. The fourth-order valence-electron chi connectivity index (χ4n) is 3.75. The van der Waals surface area contributed by atoms with Crippen LogP contribution in [0.4, 0.5) is 16.6 Å². The highest BCUT2D eigenvalue weighted by Gasteiger charge is 2.27. The number of amides is 2. The first-order valence-corrected chi connectivity index (χ1v) is 11.4. The topological polar surface area (TPSA) is 114 Å². The van der Waals surface area contributed by atoms with Crippen LogP contribution in [0.25, 0.3) is 10.2 Å². The average molecular weight is 455 g/mol. The first-order valence-electron chi connectivity index (χ1n) is 10.5. The number of hydrogen-bond donors (Lipinski definition) is 2. The second-order valence-electron chi connectivity index (χ2n) is 7.51. The lowest BCUT2D eigenvalue weighted by molar-refractivity contribution is 0.0529. The number of aromatic nitrogens is 2. The number of thiophene rings is 1. The summed E-state index contributed by atoms with van der Waals surface area (Å²) < 4.78 is 5.19. The molecule has 32 heavy (non-hydrogen) atoms. The van der Waals surface area contributed by atoms with Crippen molar-refractivity contribution in [2.24, 2.45) is 0 Å². The van der Waals surface area contributed by atoms with E-state index in [-0.39, 0.29) is 24.6 Å². The molecule has 1 aliphatic heterocycles. The van der Waals surface area contributed by atoms with Crippen LogP contribution in [0, 0.1) is 0 Å². The Morgan fingerprint density at radius 2 is 1.91 bits per heavy atom. The minimum Gasteiger partial charge on any atom is -0.462 e. The van der Waals surface area contributed by atoms with Crippen LogP contribution in [0.5, 0.6) is 0 Å². The van der Waals surface area contributed by atoms with E-state index in [0.717, 1.165) is 5.56 Å². The van der Waals surface area contributed by atoms with E-state index in [4.69, 9.17) is 10.5 Å². The number of nitrogen functional groups attached to an aromatic ring is 1. The van der Waals surface area contributed by atoms with Gasteiger partial charge in [-0.25, -0.2) is 14.6 Å². The van der Waals surface area contributed by atoms with Crippen molar-refractivity contribution in [2.45, 2.75) is 19.9 Å². The van der Waals surface area contributed by atoms with Crippen LogP contribution in [0.1, 0.15) is 35.8 Å². The van der Waals surface area contributed by atoms with E-state index in [1.54, 1.807) is 17.2 Å². The molecule has 1 aromatic carbocycles. The fourth-order valence-corrected chi connectivity index (χ4v) is 4.66. The first-order chi connectivity index (χ1) is 15.5. The van der Waals surface area contributed by atoms with Gasteiger partial charge in [-0.1, -0.05) is 30.3 Å². The maximum Gasteiger partial charge on any atom is 0.339 e. The molecule has 3 aromatic rings. The normalized spacial score (nSPS) is 14.9. The molecule has 0 aliphatic carbocycles. The number of carbonyl (C=O) groups is 2. The molecule has 10 heteroatoms. The van der Waals surface area contributed by atoms with Crippen molar-refractivity contribution >= 4 is 45.3 Å². The van der Waals surface area contributed by atoms with Crippen molar-refractivity contribution < 1.29 is 14.3 Å². The summed E-state index contributed by atoms with van der Waals surface area (Å²) in [7, 11) is 0. The van der Waals surface area contributed by atoms with Gasteiger partial charge in [0.15, 0.2) is 0 Å². The number of carbonyl (C=O) groups excluding carboxylic acids is 2. The Morgan fingerprint density at radius 1 is 1.19 bits per heavy atom. The van der Waals surface area contributed by atoms with Crippen molar-refractivity contribution in [3.05, 3.63) is 46.8 Å². The second kappa shape index (κ2) is 9.39. The van der Waals surface area contributed by atoms with E-state index >= 15 is 0 Å². The minimum atomic E-state index is -0.402. The number of nitrogens with zero attached hydrogens (tertiary/aromatic N) is 4. The second-order valence-corrected chi connectivity index (χ2v) is 8.37. The molecule has 1 fully saturated rings. The van der Waals surface area contributed by atoms with Gasteiger partial charge in [0.05, 0.1) is 23.6 Å². The monoisotopic (exact) mass is 454 g/mol. The van der Waals surface area contributed by atoms with Crippen LogP contribution in [0.3, 0.4) is 0 Å². The van der Waals surface area contributed by atoms with Crippen molar-refractivity contribution in [1.82, 2.24) is 20.2 Å². The maximum atomic E-state index is 12.8. The largest absolute Gasteiger partial charge is 0.462 e. The van der Waals surface area contributed by atoms with Crippen LogP contribution in [0.15, 0.2) is 35.7 Å². The number of hydrogen-bond acceptors (Lipinski definition) is 8. The van der Waals surface area contributed by atoms with Gasteiger partial charge in [-0.2, -0.15) is 4.98 Å². The van der Waals surface area contributed by atoms with E-state index in [0.29, 0.717) is 47.8 Å². The Morgan fingerprint density at radius 3 is 2.59 bits per heavy atom. The third-order valence-electron chi connectivity index (χ3n) is 5.43. The molecule has 9 nitrogen and oxygen atoms in total. The molecule has 3 heterocycles. The molecule has 0 saturated carbocycles. The molecular formula is C22H26N6O3S. The molecule has 1 aliphatic rings. The average Bonchev–Trinajstić information content (AvgIpc) is 3.23. The summed E-state index contributed by atoms with van der Waals surface area (Å²) >= 11 is 1.34. The molecule has 0 bridgehead atoms. The van der Waals surface area contributed by atoms with Crippen molar-refractivity contribution in [3.63, 3.8) is 0 Å². The number of anilines is 2. The number of benzene rings is 1. The van der Waals surface area contributed by atoms with Gasteiger partial charge in [-0.05, 0) is 19.4 Å². The Kier molecular flexibility index (Phi) is 6.40. The molecular weight excluding hydrogens is 428 g/mol. The van der Waals surface area contributed by atoms with Gasteiger partial charge in [0.2, 0.25) is 5.95 Å². The smallest absolute Gasteiger partial charge is 0.339 e. The highest BCUT2D eigenvalue weighted by molar-refractivity contribution is 7.17. The lowest BCUT2D eigenvalue weighted by Gasteiger charge is -2.36. The third-order valence-corrected chi connectivity index (χ3v) is 6.31. The third kappa shape index (κ3) is 4.45. The minimum absolute atomic E-state index is 0.0824. The zero-order valence-corrected chi connectivity index (χ0v) is 18.9. The molecule has 0 radical (unpaired) electrons. The molecule has 3 N–H and O–H groups in total. The molecule has 1 atom stereocenters. The zero-order valence-electron chi connectivity index (χ0n) is 18.1. The van der Waals surface area contributed by atoms with Crippen LogP contribution >= 0.6 is 11.3 Å². The van der Waals surface area contributed by atoms with E-state index in [9.17, 15) is 9.59 Å². The Balaban J connectivity index is 1.47. The van der Waals surface area contributed by atoms with Gasteiger partial charge in [0.25, 0.3) is 0 Å². The van der Waals surface area contributed by atoms with E-state index in [1.165, 1.54) is 11.3 Å². The lowest BCUT2D eigenvalue weighted by Crippen LogP contribution is -2.52. The Bertz CT molecular complexity index is 1110. The van der Waals surface area contributed by atoms with Crippen molar-refractivity contribution in [1.29, 1.82) is 0 Å². The summed E-state index contributed by atoms with van der Waals surface area (Å²) in [6.45, 7) is 6.21. The number of rotatable bonds is 5. The van der Waals surface area contributed by atoms with Crippen molar-refractivity contribution in [3.8, 4) is 0 Å². The van der Waals surface area contributed by atoms with Crippen molar-refractivity contribution in [2.75, 3.05) is 43.4 Å². The van der Waals surface area contributed by atoms with Gasteiger partial charge in [-0.3, -0.25) is 0 Å². The summed E-state index contributed by atoms with van der Waals surface area (Å²) in [4.78, 5) is 38.4. The van der Waals surface area contributed by atoms with Gasteiger partial charge in [0, 0.05) is 31.6 Å². The van der Waals surface area contributed by atoms with Crippen LogP contribution < -0.4 is 16.0 Å². The number of nitrogens with two attached hydrogens (primary N) is 1. The van der Waals surface area contributed by atoms with Gasteiger partial charge in [-0.15, -0.1) is 11.3 Å². The zero-order chi connectivity index (χ0) is 22.7. The number of esters is 1. The standard InChI is InChI=1S/C22H26N6O3S/c1-3-31-20(29)16-13-32-19-17(16)18(25-21(23)26-19)27-9-11-28(12-10-27)22(30)24-14(2)15-7-5-4-6-8-15/h4-8,13-14H,3,9-12H2,1-2H3,(H,24,30)(H2,23,25,26). The van der Waals surface area contributed by atoms with Crippen LogP contribution in [-0.4, -0.2) is 59.7 Å². The van der Waals surface area contributed by atoms with Gasteiger partial charge >= 0.3 is 12.0 Å². The molecule has 1 unspecified atom stereocenters. The highest BCUT2D eigenvalue weighted by Crippen LogP contribution is 2.33. The molecule has 0 spiro atoms. The van der Waals surface area contributed by atoms with E-state index in [1.807, 2.05) is 42.2 Å². The first kappa shape index (κ1) is 21.8. The van der Waals surface area contributed by atoms with Gasteiger partial charge in [0.1, 0.15) is 10.6 Å². The van der Waals surface area contributed by atoms with Gasteiger partial charge < -0.3 is 25.6 Å². The maximum absolute atomic E-state index is 12.8. The predicted molar refractivity (Wildman–Crippen MR) is 125 cm³/mol. The van der Waals surface area contributed by atoms with E-state index < -0.39 is 5.97 Å². The lowest BCUT2D eigenvalue weighted by atomic mass is 10.1. The highest BCUT2D eigenvalue weighted by atomic mass is 32.1. The quantitative estimate of drug-likeness (QED) is 0.570. The number of urea groups is 1. The molecule has 2 aromatic heterocycles. The predicted octanol–water partition coefficient (Wildman–Crippen LogP) is 3.04. The SMILES string of the molecule is CCOC(=O)c1csc2nc(N)nc(N3CCN(C(=O)NC(C)c4ccccc4)CC3)c12. The Hall–Kier alpha value is -3.40. The summed E-state index contributed by atoms with van der Waals surface area (Å²) in [5.74, 6) is 0.359. The molecule has 1 saturated heterocycles. The fraction of sp³-hybridized carbons (Fsp3) is 0.364. The molecule has 2 amide bonds. The summed E-state index contributed by atoms with van der Waals surface area (Å²) in [5.41, 5.74) is 7.43. The number of ether oxygens (including phenoxy) is 1. The summed E-state index contributed by atoms with van der Waals surface area (Å²) in [6.07, 6.45) is 0. The summed E-state index contributed by atoms with van der Waals surface area (Å²) in [5, 5.41) is 5.44. The summed E-state index contributed by atoms with van der Waals surface area (Å²) in [6, 6.07) is 9.68.